The van der Waals surface area contributed by atoms with E-state index in [1.807, 2.05) is 13.8 Å². The van der Waals surface area contributed by atoms with Crippen LogP contribution < -0.4 is 0 Å². The molecule has 2 aromatic carbocycles. The van der Waals surface area contributed by atoms with Gasteiger partial charge in [-0.1, -0.05) is 50.2 Å². The van der Waals surface area contributed by atoms with Crippen molar-refractivity contribution in [3.05, 3.63) is 71.3 Å². The van der Waals surface area contributed by atoms with Gasteiger partial charge in [-0.05, 0) is 25.0 Å². The third kappa shape index (κ3) is 9.49. The molecule has 2 atom stereocenters. The number of carbonyl (C=O) groups excluding carboxylic acids is 2. The Morgan fingerprint density at radius 2 is 1.05 bits per heavy atom. The summed E-state index contributed by atoms with van der Waals surface area (Å²) in [5.74, 6) is -2.78. The molecule has 0 radical (unpaired) electrons. The molecule has 1 saturated heterocycles. The Morgan fingerprint density at radius 1 is 0.711 bits per heavy atom. The smallest absolute Gasteiger partial charge is 0.313 e. The lowest BCUT2D eigenvalue weighted by atomic mass is 9.96. The fraction of sp³-hybridized carbons (Fsp3) is 0.500. The molecule has 1 aliphatic rings. The molecular weight excluding hydrogens is 537 g/mol. The Morgan fingerprint density at radius 3 is 1.37 bits per heavy atom. The summed E-state index contributed by atoms with van der Waals surface area (Å²) in [6, 6.07) is 12.6. The van der Waals surface area contributed by atoms with Crippen molar-refractivity contribution in [3.8, 4) is 0 Å². The number of ether oxygens (including phenoxy) is 2. The molecule has 0 bridgehead atoms. The van der Waals surface area contributed by atoms with E-state index in [1.54, 1.807) is 36.4 Å². The molecule has 1 heterocycles. The summed E-state index contributed by atoms with van der Waals surface area (Å²) in [7, 11) is 0. The van der Waals surface area contributed by atoms with Crippen LogP contribution in [0.5, 0.6) is 0 Å². The largest absolute Gasteiger partial charge is 0.464 e. The average molecular weight is 576 g/mol. The van der Waals surface area contributed by atoms with Gasteiger partial charge in [0, 0.05) is 50.4 Å². The van der Waals surface area contributed by atoms with Crippen LogP contribution in [-0.2, 0) is 19.1 Å². The Kier molecular flexibility index (Phi) is 15.4. The predicted molar refractivity (Wildman–Crippen MR) is 148 cm³/mol. The van der Waals surface area contributed by atoms with Crippen LogP contribution in [0.4, 0.5) is 8.78 Å². The highest BCUT2D eigenvalue weighted by Crippen LogP contribution is 2.25. The third-order valence-corrected chi connectivity index (χ3v) is 6.72. The second kappa shape index (κ2) is 17.4. The average Bonchev–Trinajstić information content (AvgIpc) is 2.88. The normalized spacial score (nSPS) is 15.5. The summed E-state index contributed by atoms with van der Waals surface area (Å²) in [4.78, 5) is 29.4. The van der Waals surface area contributed by atoms with Crippen molar-refractivity contribution >= 4 is 36.8 Å². The summed E-state index contributed by atoms with van der Waals surface area (Å²) in [6.07, 6.45) is 0.949. The van der Waals surface area contributed by atoms with Gasteiger partial charge < -0.3 is 9.47 Å². The number of hydrogen-bond donors (Lipinski definition) is 0. The number of hydrogen-bond acceptors (Lipinski definition) is 6. The van der Waals surface area contributed by atoms with Gasteiger partial charge in [0.05, 0.1) is 11.8 Å². The Bertz CT molecular complexity index is 927. The summed E-state index contributed by atoms with van der Waals surface area (Å²) in [6.45, 7) is 8.67. The van der Waals surface area contributed by atoms with Gasteiger partial charge in [-0.25, -0.2) is 8.78 Å². The zero-order valence-corrected chi connectivity index (χ0v) is 23.6. The Labute approximate surface area is 236 Å². The number of nitrogens with zero attached hydrogens (tertiary/aromatic N) is 2. The molecule has 2 aromatic rings. The van der Waals surface area contributed by atoms with Crippen LogP contribution in [0.25, 0.3) is 0 Å². The number of carbonyl (C=O) groups is 2. The molecule has 0 amide bonds. The fourth-order valence-corrected chi connectivity index (χ4v) is 4.53. The lowest BCUT2D eigenvalue weighted by Crippen LogP contribution is -2.48. The first kappa shape index (κ1) is 33.8. The van der Waals surface area contributed by atoms with Crippen LogP contribution in [0.2, 0.25) is 0 Å². The Hall–Kier alpha value is -2.26. The molecule has 0 aromatic heterocycles. The van der Waals surface area contributed by atoms with Gasteiger partial charge in [-0.15, -0.1) is 24.8 Å². The van der Waals surface area contributed by atoms with Gasteiger partial charge in [0.15, 0.2) is 0 Å². The highest BCUT2D eigenvalue weighted by Gasteiger charge is 2.25. The third-order valence-electron chi connectivity index (χ3n) is 6.72. The van der Waals surface area contributed by atoms with E-state index in [2.05, 4.69) is 9.80 Å². The lowest BCUT2D eigenvalue weighted by Gasteiger charge is -2.34. The molecule has 38 heavy (non-hydrogen) atoms. The quantitative estimate of drug-likeness (QED) is 0.325. The number of esters is 2. The molecule has 3 rings (SSSR count). The number of rotatable bonds is 12. The molecule has 10 heteroatoms. The van der Waals surface area contributed by atoms with E-state index >= 15 is 0 Å². The predicted octanol–water partition coefficient (Wildman–Crippen LogP) is 5.20. The number of halogens is 4. The first-order valence-electron chi connectivity index (χ1n) is 12.7. The van der Waals surface area contributed by atoms with E-state index in [4.69, 9.17) is 9.47 Å². The molecule has 212 valence electrons. The van der Waals surface area contributed by atoms with Crippen molar-refractivity contribution in [1.29, 1.82) is 0 Å². The highest BCUT2D eigenvalue weighted by molar-refractivity contribution is 5.85. The lowest BCUT2D eigenvalue weighted by molar-refractivity contribution is -0.147. The zero-order chi connectivity index (χ0) is 25.9. The molecule has 1 fully saturated rings. The topological polar surface area (TPSA) is 59.1 Å². The van der Waals surface area contributed by atoms with Crippen LogP contribution in [0.15, 0.2) is 48.5 Å². The summed E-state index contributed by atoms with van der Waals surface area (Å²) in [5, 5.41) is 0. The molecule has 0 saturated carbocycles. The minimum Gasteiger partial charge on any atom is -0.464 e. The van der Waals surface area contributed by atoms with Crippen LogP contribution in [0.1, 0.15) is 49.7 Å². The molecule has 0 N–H and O–H groups in total. The maximum absolute atomic E-state index is 14.1. The first-order valence-corrected chi connectivity index (χ1v) is 12.7. The van der Waals surface area contributed by atoms with Crippen LogP contribution in [0, 0.1) is 11.6 Å². The van der Waals surface area contributed by atoms with Gasteiger partial charge in [0.1, 0.15) is 24.8 Å². The first-order chi connectivity index (χ1) is 17.4. The maximum Gasteiger partial charge on any atom is 0.313 e. The van der Waals surface area contributed by atoms with Crippen LogP contribution >= 0.6 is 24.8 Å². The molecule has 0 spiro atoms. The van der Waals surface area contributed by atoms with E-state index < -0.39 is 23.8 Å². The minimum absolute atomic E-state index is 0. The second-order valence-corrected chi connectivity index (χ2v) is 8.98. The maximum atomic E-state index is 14.1. The van der Waals surface area contributed by atoms with Crippen molar-refractivity contribution < 1.29 is 27.8 Å². The molecular formula is C28H38Cl2F2N2O4. The number of benzene rings is 2. The molecule has 2 unspecified atom stereocenters. The summed E-state index contributed by atoms with van der Waals surface area (Å²) in [5.41, 5.74) is 0.747. The molecule has 1 aliphatic heterocycles. The van der Waals surface area contributed by atoms with Crippen molar-refractivity contribution in [2.24, 2.45) is 0 Å². The highest BCUT2D eigenvalue weighted by atomic mass is 35.5. The van der Waals surface area contributed by atoms with Crippen molar-refractivity contribution in [2.75, 3.05) is 52.5 Å². The number of piperazine rings is 1. The van der Waals surface area contributed by atoms with Crippen LogP contribution in [0.3, 0.4) is 0 Å². The van der Waals surface area contributed by atoms with E-state index in [1.165, 1.54) is 12.1 Å². The Balaban J connectivity index is 0.00000361. The van der Waals surface area contributed by atoms with E-state index in [0.29, 0.717) is 37.1 Å². The SMILES string of the molecule is CCC(C(=O)OCCN1CCN(CCOC(=O)C(CC)c2ccccc2F)CC1)c1ccccc1F.Cl.Cl. The van der Waals surface area contributed by atoms with Gasteiger partial charge in [-0.3, -0.25) is 19.4 Å². The summed E-state index contributed by atoms with van der Waals surface area (Å²) >= 11 is 0. The van der Waals surface area contributed by atoms with E-state index in [-0.39, 0.29) is 49.7 Å². The van der Waals surface area contributed by atoms with E-state index in [0.717, 1.165) is 26.2 Å². The van der Waals surface area contributed by atoms with Crippen LogP contribution in [-0.4, -0.2) is 74.2 Å². The van der Waals surface area contributed by atoms with Crippen molar-refractivity contribution in [2.45, 2.75) is 38.5 Å². The van der Waals surface area contributed by atoms with Crippen molar-refractivity contribution in [3.63, 3.8) is 0 Å². The fourth-order valence-electron chi connectivity index (χ4n) is 4.53. The molecule has 0 aliphatic carbocycles. The van der Waals surface area contributed by atoms with E-state index in [9.17, 15) is 18.4 Å². The minimum atomic E-state index is -0.601. The van der Waals surface area contributed by atoms with Gasteiger partial charge in [0.2, 0.25) is 0 Å². The van der Waals surface area contributed by atoms with Gasteiger partial charge in [-0.2, -0.15) is 0 Å². The van der Waals surface area contributed by atoms with Gasteiger partial charge >= 0.3 is 11.9 Å². The zero-order valence-electron chi connectivity index (χ0n) is 21.9. The monoisotopic (exact) mass is 574 g/mol. The van der Waals surface area contributed by atoms with Crippen molar-refractivity contribution in [1.82, 2.24) is 9.80 Å². The van der Waals surface area contributed by atoms with Gasteiger partial charge in [0.25, 0.3) is 0 Å². The standard InChI is InChI=1S/C28H36F2N2O4.2ClH/c1-3-21(23-9-5-7-11-25(23)29)27(33)35-19-17-31-13-15-32(16-14-31)18-20-36-28(34)22(4-2)24-10-6-8-12-26(24)30;;/h5-12,21-22H,3-4,13-20H2,1-2H3;2*1H. The second-order valence-electron chi connectivity index (χ2n) is 8.98. The molecule has 6 nitrogen and oxygen atoms in total. The summed E-state index contributed by atoms with van der Waals surface area (Å²) < 4.78 is 39.0.